The van der Waals surface area contributed by atoms with Crippen molar-refractivity contribution in [2.75, 3.05) is 26.0 Å². The number of aliphatic imine (C=N–C) groups is 1. The van der Waals surface area contributed by atoms with Gasteiger partial charge in [0.25, 0.3) is 0 Å². The molecule has 2 rings (SSSR count). The van der Waals surface area contributed by atoms with Crippen LogP contribution in [-0.2, 0) is 11.3 Å². The minimum Gasteiger partial charge on any atom is -0.385 e. The van der Waals surface area contributed by atoms with Gasteiger partial charge in [-0.05, 0) is 18.9 Å². The van der Waals surface area contributed by atoms with Gasteiger partial charge in [0.15, 0.2) is 5.17 Å². The van der Waals surface area contributed by atoms with Crippen molar-refractivity contribution in [1.29, 1.82) is 0 Å². The fourth-order valence-corrected chi connectivity index (χ4v) is 2.83. The van der Waals surface area contributed by atoms with Gasteiger partial charge in [-0.2, -0.15) is 5.10 Å². The number of methoxy groups -OCH3 is 1. The summed E-state index contributed by atoms with van der Waals surface area (Å²) in [7, 11) is 1.74. The van der Waals surface area contributed by atoms with Crippen LogP contribution in [0.2, 0.25) is 0 Å². The summed E-state index contributed by atoms with van der Waals surface area (Å²) in [4.78, 5) is 4.57. The maximum absolute atomic E-state index is 5.08. The van der Waals surface area contributed by atoms with E-state index in [2.05, 4.69) is 15.4 Å². The van der Waals surface area contributed by atoms with E-state index in [0.717, 1.165) is 43.5 Å². The highest BCUT2D eigenvalue weighted by Crippen LogP contribution is 2.15. The van der Waals surface area contributed by atoms with E-state index in [-0.39, 0.29) is 0 Å². The lowest BCUT2D eigenvalue weighted by atomic mass is 10.2. The van der Waals surface area contributed by atoms with Crippen LogP contribution in [0.25, 0.3) is 0 Å². The van der Waals surface area contributed by atoms with Gasteiger partial charge in [0.2, 0.25) is 0 Å². The van der Waals surface area contributed by atoms with Gasteiger partial charge < -0.3 is 10.1 Å². The number of aryl methyl sites for hydroxylation is 1. The number of nitrogens with one attached hydrogen (secondary N) is 1. The molecule has 0 saturated carbocycles. The predicted molar refractivity (Wildman–Crippen MR) is 75.0 cm³/mol. The van der Waals surface area contributed by atoms with Gasteiger partial charge in [0.05, 0.1) is 0 Å². The molecular formula is C12H20N4OS. The third-order valence-electron chi connectivity index (χ3n) is 2.78. The summed E-state index contributed by atoms with van der Waals surface area (Å²) in [6.45, 7) is 2.60. The van der Waals surface area contributed by atoms with Gasteiger partial charge in [0, 0.05) is 51.0 Å². The fraction of sp³-hybridized carbons (Fsp3) is 0.667. The van der Waals surface area contributed by atoms with Crippen molar-refractivity contribution in [3.05, 3.63) is 18.5 Å². The second-order valence-corrected chi connectivity index (χ2v) is 5.25. The molecule has 100 valence electrons. The lowest BCUT2D eigenvalue weighted by Gasteiger charge is -2.08. The highest BCUT2D eigenvalue weighted by molar-refractivity contribution is 8.14. The highest BCUT2D eigenvalue weighted by atomic mass is 32.2. The summed E-state index contributed by atoms with van der Waals surface area (Å²) in [5.41, 5.74) is 0. The Bertz CT molecular complexity index is 366. The van der Waals surface area contributed by atoms with Crippen molar-refractivity contribution in [3.63, 3.8) is 0 Å². The molecule has 1 aliphatic rings. The predicted octanol–water partition coefficient (Wildman–Crippen LogP) is 1.37. The monoisotopic (exact) mass is 268 g/mol. The Morgan fingerprint density at radius 3 is 3.39 bits per heavy atom. The van der Waals surface area contributed by atoms with Crippen molar-refractivity contribution in [2.24, 2.45) is 4.99 Å². The summed E-state index contributed by atoms with van der Waals surface area (Å²) in [6, 6.07) is 2.46. The Labute approximate surface area is 112 Å². The summed E-state index contributed by atoms with van der Waals surface area (Å²) in [6.07, 6.45) is 5.86. The van der Waals surface area contributed by atoms with E-state index >= 15 is 0 Å². The molecule has 5 nitrogen and oxygen atoms in total. The molecule has 0 aromatic carbocycles. The van der Waals surface area contributed by atoms with Crippen molar-refractivity contribution >= 4 is 16.9 Å². The molecule has 2 heterocycles. The molecule has 1 aromatic rings. The maximum Gasteiger partial charge on any atom is 0.156 e. The SMILES string of the molecule is COCCC1CSC(=NCCCn2cccn2)N1. The standard InChI is InChI=1S/C12H20N4OS/c1-17-9-4-11-10-18-12(15-11)13-5-2-7-16-8-3-6-14-16/h3,6,8,11H,2,4-5,7,9-10H2,1H3,(H,13,15). The van der Waals surface area contributed by atoms with Crippen LogP contribution < -0.4 is 5.32 Å². The molecule has 1 fully saturated rings. The number of ether oxygens (including phenoxy) is 1. The van der Waals surface area contributed by atoms with E-state index in [9.17, 15) is 0 Å². The quantitative estimate of drug-likeness (QED) is 0.759. The Balaban J connectivity index is 1.62. The molecule has 0 amide bonds. The van der Waals surface area contributed by atoms with Crippen LogP contribution in [0.4, 0.5) is 0 Å². The molecule has 0 radical (unpaired) electrons. The van der Waals surface area contributed by atoms with Crippen molar-refractivity contribution in [3.8, 4) is 0 Å². The average molecular weight is 268 g/mol. The van der Waals surface area contributed by atoms with E-state index < -0.39 is 0 Å². The molecule has 1 unspecified atom stereocenters. The number of amidine groups is 1. The Kier molecular flexibility index (Phi) is 5.54. The van der Waals surface area contributed by atoms with Gasteiger partial charge in [0.1, 0.15) is 0 Å². The van der Waals surface area contributed by atoms with Crippen molar-refractivity contribution < 1.29 is 4.74 Å². The molecule has 0 bridgehead atoms. The summed E-state index contributed by atoms with van der Waals surface area (Å²) < 4.78 is 7.02. The number of hydrogen-bond acceptors (Lipinski definition) is 4. The number of nitrogens with zero attached hydrogens (tertiary/aromatic N) is 3. The van der Waals surface area contributed by atoms with Crippen LogP contribution in [-0.4, -0.2) is 47.0 Å². The Morgan fingerprint density at radius 2 is 2.61 bits per heavy atom. The molecular weight excluding hydrogens is 248 g/mol. The molecule has 18 heavy (non-hydrogen) atoms. The lowest BCUT2D eigenvalue weighted by Crippen LogP contribution is -2.28. The first-order valence-corrected chi connectivity index (χ1v) is 7.27. The van der Waals surface area contributed by atoms with Crippen LogP contribution in [0.15, 0.2) is 23.5 Å². The fourth-order valence-electron chi connectivity index (χ4n) is 1.79. The normalized spacial score (nSPS) is 21.4. The number of aromatic nitrogens is 2. The van der Waals surface area contributed by atoms with Crippen molar-refractivity contribution in [1.82, 2.24) is 15.1 Å². The van der Waals surface area contributed by atoms with Gasteiger partial charge in [-0.25, -0.2) is 0 Å². The van der Waals surface area contributed by atoms with E-state index in [1.807, 2.05) is 28.7 Å². The second kappa shape index (κ2) is 7.43. The first-order valence-electron chi connectivity index (χ1n) is 6.28. The number of hydrogen-bond donors (Lipinski definition) is 1. The van der Waals surface area contributed by atoms with Gasteiger partial charge >= 0.3 is 0 Å². The molecule has 6 heteroatoms. The van der Waals surface area contributed by atoms with Crippen LogP contribution >= 0.6 is 11.8 Å². The van der Waals surface area contributed by atoms with Crippen LogP contribution in [0.5, 0.6) is 0 Å². The van der Waals surface area contributed by atoms with Crippen LogP contribution in [0, 0.1) is 0 Å². The first kappa shape index (κ1) is 13.4. The topological polar surface area (TPSA) is 51.4 Å². The van der Waals surface area contributed by atoms with Crippen LogP contribution in [0.1, 0.15) is 12.8 Å². The third kappa shape index (κ3) is 4.34. The van der Waals surface area contributed by atoms with Gasteiger partial charge in [-0.15, -0.1) is 0 Å². The van der Waals surface area contributed by atoms with E-state index in [0.29, 0.717) is 6.04 Å². The average Bonchev–Trinajstić information content (AvgIpc) is 3.04. The van der Waals surface area contributed by atoms with E-state index in [1.165, 1.54) is 0 Å². The zero-order valence-electron chi connectivity index (χ0n) is 10.7. The minimum atomic E-state index is 0.514. The largest absolute Gasteiger partial charge is 0.385 e. The maximum atomic E-state index is 5.08. The molecule has 1 saturated heterocycles. The minimum absolute atomic E-state index is 0.514. The molecule has 1 N–H and O–H groups in total. The summed E-state index contributed by atoms with van der Waals surface area (Å²) in [5.74, 6) is 1.10. The molecule has 1 aliphatic heterocycles. The zero-order chi connectivity index (χ0) is 12.6. The molecule has 1 aromatic heterocycles. The van der Waals surface area contributed by atoms with Crippen LogP contribution in [0.3, 0.4) is 0 Å². The first-order chi connectivity index (χ1) is 8.88. The molecule has 1 atom stereocenters. The number of rotatable bonds is 7. The van der Waals surface area contributed by atoms with E-state index in [4.69, 9.17) is 4.74 Å². The third-order valence-corrected chi connectivity index (χ3v) is 3.87. The molecule has 0 spiro atoms. The summed E-state index contributed by atoms with van der Waals surface area (Å²) in [5, 5.41) is 8.67. The van der Waals surface area contributed by atoms with E-state index in [1.54, 1.807) is 13.3 Å². The number of thioether (sulfide) groups is 1. The zero-order valence-corrected chi connectivity index (χ0v) is 11.5. The van der Waals surface area contributed by atoms with Crippen molar-refractivity contribution in [2.45, 2.75) is 25.4 Å². The smallest absolute Gasteiger partial charge is 0.156 e. The molecule has 0 aliphatic carbocycles. The highest BCUT2D eigenvalue weighted by Gasteiger charge is 2.19. The summed E-state index contributed by atoms with van der Waals surface area (Å²) >= 11 is 1.81. The second-order valence-electron chi connectivity index (χ2n) is 4.24. The lowest BCUT2D eigenvalue weighted by molar-refractivity contribution is 0.188. The Morgan fingerprint density at radius 1 is 1.67 bits per heavy atom. The van der Waals surface area contributed by atoms with Gasteiger partial charge in [-0.3, -0.25) is 9.67 Å². The van der Waals surface area contributed by atoms with Gasteiger partial charge in [-0.1, -0.05) is 11.8 Å². The Hall–Kier alpha value is -1.01.